The van der Waals surface area contributed by atoms with Gasteiger partial charge < -0.3 is 14.8 Å². The van der Waals surface area contributed by atoms with Crippen LogP contribution in [0, 0.1) is 17.0 Å². The molecule has 2 aliphatic rings. The largest absolute Gasteiger partial charge is 0.493 e. The monoisotopic (exact) mass is 473 g/mol. The summed E-state index contributed by atoms with van der Waals surface area (Å²) in [5, 5.41) is 18.6. The number of benzene rings is 3. The first-order valence-corrected chi connectivity index (χ1v) is 11.5. The molecule has 8 nitrogen and oxygen atoms in total. The van der Waals surface area contributed by atoms with Gasteiger partial charge in [-0.05, 0) is 43.2 Å². The second kappa shape index (κ2) is 8.70. The molecule has 3 aromatic carbocycles. The van der Waals surface area contributed by atoms with E-state index in [4.69, 9.17) is 9.47 Å². The van der Waals surface area contributed by atoms with Crippen molar-refractivity contribution in [2.24, 2.45) is 0 Å². The minimum absolute atomic E-state index is 0.336. The highest BCUT2D eigenvalue weighted by Crippen LogP contribution is 2.50. The number of rotatable bonds is 6. The average molecular weight is 474 g/mol. The topological polar surface area (TPSA) is 103 Å². The molecule has 0 saturated carbocycles. The summed E-state index contributed by atoms with van der Waals surface area (Å²) in [7, 11) is 1.54. The van der Waals surface area contributed by atoms with Crippen LogP contribution in [0.3, 0.4) is 0 Å². The summed E-state index contributed by atoms with van der Waals surface area (Å²) >= 11 is 0. The molecule has 8 heteroatoms. The predicted molar refractivity (Wildman–Crippen MR) is 131 cm³/mol. The number of nitrogens with zero attached hydrogens (tertiary/aromatic N) is 1. The lowest BCUT2D eigenvalue weighted by Gasteiger charge is -2.25. The first kappa shape index (κ1) is 22.9. The molecule has 2 aliphatic heterocycles. The molecular formula is C27H27N3O5. The van der Waals surface area contributed by atoms with Crippen LogP contribution in [-0.2, 0) is 16.9 Å². The normalized spacial score (nSPS) is 24.8. The zero-order valence-corrected chi connectivity index (χ0v) is 19.8. The molecule has 0 unspecified atom stereocenters. The smallest absolute Gasteiger partial charge is 0.256 e. The maximum Gasteiger partial charge on any atom is 0.256 e. The van der Waals surface area contributed by atoms with Gasteiger partial charge in [0.2, 0.25) is 0 Å². The van der Waals surface area contributed by atoms with Gasteiger partial charge in [-0.1, -0.05) is 54.1 Å². The number of para-hydroxylation sites is 1. The molecule has 4 atom stereocenters. The highest BCUT2D eigenvalue weighted by Gasteiger charge is 2.67. The quantitative estimate of drug-likeness (QED) is 0.412. The summed E-state index contributed by atoms with van der Waals surface area (Å²) in [5.74, 6) is 0.0645. The number of hydrogen-bond donors (Lipinski definition) is 2. The van der Waals surface area contributed by atoms with E-state index in [2.05, 4.69) is 10.6 Å². The Kier molecular flexibility index (Phi) is 5.68. The molecule has 3 aromatic rings. The number of fused-ring (bicyclic) bond motifs is 2. The Morgan fingerprint density at radius 1 is 1.06 bits per heavy atom. The summed E-state index contributed by atoms with van der Waals surface area (Å²) in [6, 6.07) is 19.0. The SMILES string of the molecule is COc1cc([C@@H]2[C@H](C)N[C@@]3(C(=O)Nc4ccccc43)[C@H]2[N+](=O)[O-])ccc1OCc1ccc(C)cc1. The molecule has 1 amide bonds. The highest BCUT2D eigenvalue weighted by atomic mass is 16.6. The molecule has 1 spiro atoms. The summed E-state index contributed by atoms with van der Waals surface area (Å²) in [4.78, 5) is 25.3. The van der Waals surface area contributed by atoms with Gasteiger partial charge in [0.05, 0.1) is 13.0 Å². The van der Waals surface area contributed by atoms with E-state index in [1.165, 1.54) is 5.56 Å². The van der Waals surface area contributed by atoms with Gasteiger partial charge in [0, 0.05) is 22.2 Å². The van der Waals surface area contributed by atoms with E-state index in [1.54, 1.807) is 43.5 Å². The van der Waals surface area contributed by atoms with Crippen LogP contribution in [0.1, 0.15) is 35.1 Å². The third-order valence-corrected chi connectivity index (χ3v) is 7.05. The molecular weight excluding hydrogens is 446 g/mol. The van der Waals surface area contributed by atoms with Gasteiger partial charge in [-0.3, -0.25) is 20.2 Å². The number of anilines is 1. The fourth-order valence-electron chi connectivity index (χ4n) is 5.41. The standard InChI is InChI=1S/C27H27N3O5/c1-16-8-10-18(11-9-16)15-35-22-13-12-19(14-23(22)34-3)24-17(2)29-27(25(24)30(32)33)20-6-4-5-7-21(20)28-26(27)31/h4-14,17,24-25,29H,15H2,1-3H3,(H,28,31)/t17-,24-,25-,27+/m0/s1. The van der Waals surface area contributed by atoms with Crippen molar-refractivity contribution in [3.63, 3.8) is 0 Å². The van der Waals surface area contributed by atoms with E-state index in [1.807, 2.05) is 44.2 Å². The minimum Gasteiger partial charge on any atom is -0.493 e. The van der Waals surface area contributed by atoms with E-state index in [0.717, 1.165) is 5.56 Å². The number of nitrogens with one attached hydrogen (secondary N) is 2. The molecule has 0 radical (unpaired) electrons. The summed E-state index contributed by atoms with van der Waals surface area (Å²) in [5.41, 5.74) is 2.66. The highest BCUT2D eigenvalue weighted by molar-refractivity contribution is 6.07. The van der Waals surface area contributed by atoms with Crippen LogP contribution < -0.4 is 20.1 Å². The number of carbonyl (C=O) groups excluding carboxylic acids is 1. The maximum absolute atomic E-state index is 13.2. The lowest BCUT2D eigenvalue weighted by molar-refractivity contribution is -0.532. The van der Waals surface area contributed by atoms with E-state index in [-0.39, 0.29) is 11.0 Å². The Morgan fingerprint density at radius 2 is 1.80 bits per heavy atom. The average Bonchev–Trinajstić information content (AvgIpc) is 3.32. The van der Waals surface area contributed by atoms with Crippen molar-refractivity contribution in [1.29, 1.82) is 0 Å². The van der Waals surface area contributed by atoms with E-state index in [0.29, 0.717) is 34.9 Å². The molecule has 5 rings (SSSR count). The van der Waals surface area contributed by atoms with Gasteiger partial charge in [0.1, 0.15) is 6.61 Å². The van der Waals surface area contributed by atoms with Gasteiger partial charge >= 0.3 is 0 Å². The molecule has 0 aromatic heterocycles. The molecule has 0 bridgehead atoms. The van der Waals surface area contributed by atoms with Gasteiger partial charge in [0.15, 0.2) is 17.0 Å². The summed E-state index contributed by atoms with van der Waals surface area (Å²) in [6.07, 6.45) is 0. The fourth-order valence-corrected chi connectivity index (χ4v) is 5.41. The number of amides is 1. The second-order valence-corrected chi connectivity index (χ2v) is 9.18. The zero-order valence-electron chi connectivity index (χ0n) is 19.8. The number of carbonyl (C=O) groups is 1. The van der Waals surface area contributed by atoms with Gasteiger partial charge in [0.25, 0.3) is 11.9 Å². The summed E-state index contributed by atoms with van der Waals surface area (Å²) in [6.45, 7) is 4.27. The maximum atomic E-state index is 13.2. The molecule has 2 N–H and O–H groups in total. The van der Waals surface area contributed by atoms with Gasteiger partial charge in [-0.25, -0.2) is 0 Å². The third kappa shape index (κ3) is 3.70. The van der Waals surface area contributed by atoms with Gasteiger partial charge in [-0.2, -0.15) is 0 Å². The minimum atomic E-state index is -1.45. The number of ether oxygens (including phenoxy) is 2. The van der Waals surface area contributed by atoms with Crippen molar-refractivity contribution in [3.8, 4) is 11.5 Å². The number of aryl methyl sites for hydroxylation is 1. The number of hydrogen-bond acceptors (Lipinski definition) is 6. The van der Waals surface area contributed by atoms with E-state index >= 15 is 0 Å². The zero-order chi connectivity index (χ0) is 24.7. The Morgan fingerprint density at radius 3 is 2.51 bits per heavy atom. The molecule has 1 fully saturated rings. The first-order chi connectivity index (χ1) is 16.8. The van der Waals surface area contributed by atoms with Crippen LogP contribution in [0.25, 0.3) is 0 Å². The molecule has 35 heavy (non-hydrogen) atoms. The van der Waals surface area contributed by atoms with Crippen LogP contribution in [-0.4, -0.2) is 30.0 Å². The Hall–Kier alpha value is -3.91. The molecule has 2 heterocycles. The number of methoxy groups -OCH3 is 1. The lowest BCUT2D eigenvalue weighted by Crippen LogP contribution is -2.54. The summed E-state index contributed by atoms with van der Waals surface area (Å²) < 4.78 is 11.6. The van der Waals surface area contributed by atoms with E-state index < -0.39 is 23.4 Å². The van der Waals surface area contributed by atoms with E-state index in [9.17, 15) is 14.9 Å². The van der Waals surface area contributed by atoms with Crippen molar-refractivity contribution >= 4 is 11.6 Å². The van der Waals surface area contributed by atoms with Crippen LogP contribution in [0.4, 0.5) is 5.69 Å². The van der Waals surface area contributed by atoms with Crippen LogP contribution in [0.15, 0.2) is 66.7 Å². The van der Waals surface area contributed by atoms with Crippen molar-refractivity contribution < 1.29 is 19.2 Å². The first-order valence-electron chi connectivity index (χ1n) is 11.5. The Balaban J connectivity index is 1.48. The molecule has 1 saturated heterocycles. The van der Waals surface area contributed by atoms with Crippen molar-refractivity contribution in [2.45, 2.75) is 44.0 Å². The third-order valence-electron chi connectivity index (χ3n) is 7.05. The van der Waals surface area contributed by atoms with Crippen LogP contribution in [0.2, 0.25) is 0 Å². The second-order valence-electron chi connectivity index (χ2n) is 9.18. The van der Waals surface area contributed by atoms with Gasteiger partial charge in [-0.15, -0.1) is 0 Å². The lowest BCUT2D eigenvalue weighted by atomic mass is 9.78. The predicted octanol–water partition coefficient (Wildman–Crippen LogP) is 4.15. The molecule has 180 valence electrons. The number of nitro groups is 1. The Bertz CT molecular complexity index is 1290. The van der Waals surface area contributed by atoms with Crippen molar-refractivity contribution in [1.82, 2.24) is 5.32 Å². The van der Waals surface area contributed by atoms with Crippen LogP contribution >= 0.6 is 0 Å². The van der Waals surface area contributed by atoms with Crippen molar-refractivity contribution in [2.75, 3.05) is 12.4 Å². The van der Waals surface area contributed by atoms with Crippen molar-refractivity contribution in [3.05, 3.63) is 99.1 Å². The molecule has 0 aliphatic carbocycles. The Labute approximate surface area is 203 Å². The fraction of sp³-hybridized carbons (Fsp3) is 0.296. The van der Waals surface area contributed by atoms with Crippen LogP contribution in [0.5, 0.6) is 11.5 Å².